The van der Waals surface area contributed by atoms with Gasteiger partial charge in [0.25, 0.3) is 5.89 Å². The van der Waals surface area contributed by atoms with Gasteiger partial charge in [-0.2, -0.15) is 4.98 Å². The van der Waals surface area contributed by atoms with Gasteiger partial charge >= 0.3 is 6.03 Å². The van der Waals surface area contributed by atoms with E-state index >= 15 is 0 Å². The molecule has 2 amide bonds. The fraction of sp³-hybridized carbons (Fsp3) is 0.292. The molecule has 0 saturated heterocycles. The van der Waals surface area contributed by atoms with Crippen molar-refractivity contribution in [1.29, 1.82) is 0 Å². The van der Waals surface area contributed by atoms with E-state index in [0.717, 1.165) is 28.8 Å². The summed E-state index contributed by atoms with van der Waals surface area (Å²) in [7, 11) is 0. The fourth-order valence-corrected chi connectivity index (χ4v) is 4.23. The van der Waals surface area contributed by atoms with Crippen molar-refractivity contribution in [3.05, 3.63) is 71.2 Å². The van der Waals surface area contributed by atoms with Crippen LogP contribution in [0.2, 0.25) is 0 Å². The maximum Gasteiger partial charge on any atom is 0.322 e. The van der Waals surface area contributed by atoms with Crippen molar-refractivity contribution in [2.45, 2.75) is 38.1 Å². The van der Waals surface area contributed by atoms with Gasteiger partial charge in [-0.05, 0) is 49.8 Å². The first-order valence-electron chi connectivity index (χ1n) is 10.4. The summed E-state index contributed by atoms with van der Waals surface area (Å²) < 4.78 is 5.71. The van der Waals surface area contributed by atoms with Crippen LogP contribution >= 0.6 is 11.8 Å². The van der Waals surface area contributed by atoms with Crippen molar-refractivity contribution < 1.29 is 9.32 Å². The van der Waals surface area contributed by atoms with Crippen LogP contribution in [0.5, 0.6) is 0 Å². The van der Waals surface area contributed by atoms with E-state index in [4.69, 9.17) is 9.51 Å². The van der Waals surface area contributed by atoms with Crippen LogP contribution in [0.4, 0.5) is 4.79 Å². The number of nitrogens with zero attached hydrogens (tertiary/aromatic N) is 3. The Balaban J connectivity index is 1.76. The molecule has 31 heavy (non-hydrogen) atoms. The van der Waals surface area contributed by atoms with Gasteiger partial charge in [-0.1, -0.05) is 48.5 Å². The van der Waals surface area contributed by atoms with Crippen molar-refractivity contribution in [3.63, 3.8) is 0 Å². The predicted molar refractivity (Wildman–Crippen MR) is 124 cm³/mol. The topological polar surface area (TPSA) is 71.3 Å². The van der Waals surface area contributed by atoms with Gasteiger partial charge in [0.05, 0.1) is 11.6 Å². The number of benzene rings is 2. The molecular formula is C24H26N4O2S. The van der Waals surface area contributed by atoms with Gasteiger partial charge in [-0.3, -0.25) is 4.90 Å². The molecule has 1 N–H and O–H groups in total. The first-order valence-corrected chi connectivity index (χ1v) is 11.6. The zero-order valence-electron chi connectivity index (χ0n) is 18.2. The maximum atomic E-state index is 12.7. The maximum absolute atomic E-state index is 12.7. The van der Waals surface area contributed by atoms with E-state index in [0.29, 0.717) is 18.3 Å². The Hall–Kier alpha value is -3.06. The number of thioether (sulfide) groups is 1. The molecule has 0 aliphatic carbocycles. The molecule has 3 aromatic rings. The van der Waals surface area contributed by atoms with Gasteiger partial charge in [-0.15, -0.1) is 11.8 Å². The Morgan fingerprint density at radius 1 is 1.10 bits per heavy atom. The van der Waals surface area contributed by atoms with Crippen molar-refractivity contribution in [2.75, 3.05) is 12.8 Å². The van der Waals surface area contributed by atoms with Crippen molar-refractivity contribution in [2.24, 2.45) is 0 Å². The highest BCUT2D eigenvalue weighted by atomic mass is 32.2. The highest BCUT2D eigenvalue weighted by Crippen LogP contribution is 2.37. The summed E-state index contributed by atoms with van der Waals surface area (Å²) in [6, 6.07) is 15.9. The molecule has 1 atom stereocenters. The van der Waals surface area contributed by atoms with Crippen LogP contribution in [0.1, 0.15) is 43.8 Å². The van der Waals surface area contributed by atoms with Gasteiger partial charge in [-0.25, -0.2) is 4.79 Å². The van der Waals surface area contributed by atoms with Gasteiger partial charge in [0.2, 0.25) is 5.82 Å². The molecule has 1 aliphatic heterocycles. The van der Waals surface area contributed by atoms with Crippen molar-refractivity contribution in [3.8, 4) is 11.4 Å². The normalized spacial score (nSPS) is 16.6. The standard InChI is InChI=1S/C24H26N4O2S/c1-5-16-7-9-18(10-8-16)22-26-23(30-27-22)20-15(3)28(6-2)24(29)25-21(20)17-11-13-19(31-4)14-12-17/h7-14,21H,5-6H2,1-4H3,(H,25,29). The molecule has 2 aromatic carbocycles. The lowest BCUT2D eigenvalue weighted by molar-refractivity contribution is 0.207. The second kappa shape index (κ2) is 8.98. The average molecular weight is 435 g/mol. The van der Waals surface area contributed by atoms with Gasteiger partial charge in [0.15, 0.2) is 0 Å². The number of urea groups is 1. The summed E-state index contributed by atoms with van der Waals surface area (Å²) in [6.07, 6.45) is 3.02. The second-order valence-corrected chi connectivity index (χ2v) is 8.25. The molecule has 1 aromatic heterocycles. The van der Waals surface area contributed by atoms with Crippen molar-refractivity contribution >= 4 is 23.4 Å². The number of carbonyl (C=O) groups is 1. The zero-order valence-corrected chi connectivity index (χ0v) is 19.0. The first-order chi connectivity index (χ1) is 15.0. The van der Waals surface area contributed by atoms with Crippen LogP contribution in [-0.2, 0) is 6.42 Å². The van der Waals surface area contributed by atoms with E-state index in [1.165, 1.54) is 10.5 Å². The minimum absolute atomic E-state index is 0.127. The molecule has 6 nitrogen and oxygen atoms in total. The average Bonchev–Trinajstić information content (AvgIpc) is 3.29. The molecule has 1 aliphatic rings. The number of carbonyl (C=O) groups excluding carboxylic acids is 1. The van der Waals surface area contributed by atoms with Crippen LogP contribution < -0.4 is 5.32 Å². The summed E-state index contributed by atoms with van der Waals surface area (Å²) in [5.41, 5.74) is 4.78. The molecule has 160 valence electrons. The summed E-state index contributed by atoms with van der Waals surface area (Å²) >= 11 is 1.68. The molecule has 2 heterocycles. The summed E-state index contributed by atoms with van der Waals surface area (Å²) in [5.74, 6) is 0.957. The molecule has 0 spiro atoms. The Morgan fingerprint density at radius 2 is 1.81 bits per heavy atom. The molecule has 0 radical (unpaired) electrons. The summed E-state index contributed by atoms with van der Waals surface area (Å²) in [4.78, 5) is 20.3. The molecule has 0 saturated carbocycles. The number of amides is 2. The minimum atomic E-state index is -0.359. The van der Waals surface area contributed by atoms with E-state index in [9.17, 15) is 4.79 Å². The quantitative estimate of drug-likeness (QED) is 0.516. The number of rotatable bonds is 6. The zero-order chi connectivity index (χ0) is 22.0. The Morgan fingerprint density at radius 3 is 2.42 bits per heavy atom. The number of aryl methyl sites for hydroxylation is 1. The summed E-state index contributed by atoms with van der Waals surface area (Å²) in [6.45, 7) is 6.56. The third-order valence-corrected chi connectivity index (χ3v) is 6.38. The molecule has 7 heteroatoms. The number of hydrogen-bond donors (Lipinski definition) is 1. The van der Waals surface area contributed by atoms with Gasteiger partial charge in [0.1, 0.15) is 0 Å². The Labute approximate surface area is 186 Å². The summed E-state index contributed by atoms with van der Waals surface area (Å²) in [5, 5.41) is 7.33. The van der Waals surface area contributed by atoms with E-state index in [2.05, 4.69) is 41.7 Å². The third kappa shape index (κ3) is 4.10. The third-order valence-electron chi connectivity index (χ3n) is 5.64. The van der Waals surface area contributed by atoms with Crippen LogP contribution in [-0.4, -0.2) is 33.9 Å². The Bertz CT molecular complexity index is 1100. The van der Waals surface area contributed by atoms with E-state index in [1.807, 2.05) is 44.4 Å². The number of aromatic nitrogens is 2. The van der Waals surface area contributed by atoms with Crippen LogP contribution in [0.15, 0.2) is 63.6 Å². The van der Waals surface area contributed by atoms with E-state index in [-0.39, 0.29) is 12.1 Å². The number of hydrogen-bond acceptors (Lipinski definition) is 5. The lowest BCUT2D eigenvalue weighted by atomic mass is 9.95. The fourth-order valence-electron chi connectivity index (χ4n) is 3.83. The minimum Gasteiger partial charge on any atom is -0.334 e. The molecule has 1 unspecified atom stereocenters. The highest BCUT2D eigenvalue weighted by molar-refractivity contribution is 7.98. The van der Waals surface area contributed by atoms with Gasteiger partial charge in [0, 0.05) is 22.7 Å². The molecular weight excluding hydrogens is 408 g/mol. The molecule has 0 fully saturated rings. The SMILES string of the molecule is CCc1ccc(-c2noc(C3=C(C)N(CC)C(=O)NC3c3ccc(SC)cc3)n2)cc1. The van der Waals surface area contributed by atoms with Crippen LogP contribution in [0.25, 0.3) is 17.0 Å². The van der Waals surface area contributed by atoms with E-state index < -0.39 is 0 Å². The number of allylic oxidation sites excluding steroid dienone is 1. The van der Waals surface area contributed by atoms with Crippen molar-refractivity contribution in [1.82, 2.24) is 20.4 Å². The lowest BCUT2D eigenvalue weighted by Gasteiger charge is -2.34. The van der Waals surface area contributed by atoms with E-state index in [1.54, 1.807) is 16.7 Å². The largest absolute Gasteiger partial charge is 0.334 e. The van der Waals surface area contributed by atoms with Crippen LogP contribution in [0.3, 0.4) is 0 Å². The second-order valence-electron chi connectivity index (χ2n) is 7.37. The smallest absolute Gasteiger partial charge is 0.322 e. The van der Waals surface area contributed by atoms with Crippen LogP contribution in [0, 0.1) is 0 Å². The molecule has 4 rings (SSSR count). The monoisotopic (exact) mass is 434 g/mol. The highest BCUT2D eigenvalue weighted by Gasteiger charge is 2.35. The molecule has 0 bridgehead atoms. The lowest BCUT2D eigenvalue weighted by Crippen LogP contribution is -2.45. The Kier molecular flexibility index (Phi) is 6.13. The predicted octanol–water partition coefficient (Wildman–Crippen LogP) is 5.54. The number of nitrogens with one attached hydrogen (secondary N) is 1. The van der Waals surface area contributed by atoms with Gasteiger partial charge < -0.3 is 9.84 Å². The first kappa shape index (κ1) is 21.2.